The molecule has 0 saturated carbocycles. The van der Waals surface area contributed by atoms with Crippen LogP contribution < -0.4 is 9.46 Å². The van der Waals surface area contributed by atoms with Crippen molar-refractivity contribution in [3.8, 4) is 5.75 Å². The molecule has 8 nitrogen and oxygen atoms in total. The Morgan fingerprint density at radius 1 is 1.07 bits per heavy atom. The number of rotatable bonds is 10. The lowest BCUT2D eigenvalue weighted by molar-refractivity contribution is 0.0628. The van der Waals surface area contributed by atoms with Gasteiger partial charge in [-0.05, 0) is 54.0 Å². The molecule has 0 bridgehead atoms. The molecule has 1 aliphatic heterocycles. The average Bonchev–Trinajstić information content (AvgIpc) is 2.97. The van der Waals surface area contributed by atoms with Crippen LogP contribution in [0.1, 0.15) is 29.8 Å². The minimum absolute atomic E-state index is 0.0644. The highest BCUT2D eigenvalue weighted by Crippen LogP contribution is 2.24. The minimum Gasteiger partial charge on any atom is -0.493 e. The maximum absolute atomic E-state index is 13.1. The van der Waals surface area contributed by atoms with Gasteiger partial charge in [-0.1, -0.05) is 56.9 Å². The van der Waals surface area contributed by atoms with Crippen molar-refractivity contribution in [2.45, 2.75) is 20.4 Å². The molecule has 0 aromatic heterocycles. The summed E-state index contributed by atoms with van der Waals surface area (Å²) in [6.07, 6.45) is 8.26. The summed E-state index contributed by atoms with van der Waals surface area (Å²) < 4.78 is 34.6. The lowest BCUT2D eigenvalue weighted by Crippen LogP contribution is -2.48. The van der Waals surface area contributed by atoms with E-state index < -0.39 is 10.0 Å². The number of nitrogens with zero attached hydrogens (tertiary/aromatic N) is 3. The van der Waals surface area contributed by atoms with Crippen LogP contribution in [0, 0.1) is 5.92 Å². The van der Waals surface area contributed by atoms with E-state index in [1.54, 1.807) is 55.6 Å². The van der Waals surface area contributed by atoms with Gasteiger partial charge in [-0.3, -0.25) is 19.4 Å². The largest absolute Gasteiger partial charge is 0.493 e. The van der Waals surface area contributed by atoms with Crippen molar-refractivity contribution < 1.29 is 17.9 Å². The van der Waals surface area contributed by atoms with Crippen LogP contribution in [0.15, 0.2) is 101 Å². The third-order valence-electron chi connectivity index (χ3n) is 6.80. The van der Waals surface area contributed by atoms with Crippen LogP contribution in [-0.2, 0) is 16.6 Å². The number of carbonyl (C=O) groups is 1. The maximum atomic E-state index is 13.1. The number of amides is 1. The Morgan fingerprint density at radius 2 is 1.76 bits per heavy atom. The third-order valence-corrected chi connectivity index (χ3v) is 8.21. The topological polar surface area (TPSA) is 91.3 Å². The Labute approximate surface area is 243 Å². The summed E-state index contributed by atoms with van der Waals surface area (Å²) in [7, 11) is -2.35. The van der Waals surface area contributed by atoms with E-state index in [9.17, 15) is 13.2 Å². The number of aliphatic imine (C=N–C) groups is 1. The van der Waals surface area contributed by atoms with Crippen molar-refractivity contribution in [3.63, 3.8) is 0 Å². The number of benzene rings is 2. The molecule has 1 fully saturated rings. The van der Waals surface area contributed by atoms with Crippen LogP contribution in [0.5, 0.6) is 5.75 Å². The number of nitrogens with one attached hydrogen (secondary N) is 1. The standard InChI is InChI=1S/C32H38N4O4S/c1-5-7-26-8-6-9-30(31(26)33-4)41(38,39)34-28-14-12-27(13-15-28)32(37)36-20-18-35(19-21-36)22-25-10-16-29(17-11-25)40-23-24(2)3/h5-17,24,34H,1,18-23H2,2-4H3/b26-7-,33-31+. The lowest BCUT2D eigenvalue weighted by atomic mass is 10.0. The number of ether oxygens (including phenoxy) is 1. The number of anilines is 1. The Hall–Kier alpha value is -3.95. The van der Waals surface area contributed by atoms with Crippen molar-refractivity contribution in [2.24, 2.45) is 10.9 Å². The molecule has 9 heteroatoms. The summed E-state index contributed by atoms with van der Waals surface area (Å²) in [6, 6.07) is 14.7. The van der Waals surface area contributed by atoms with Gasteiger partial charge in [-0.2, -0.15) is 0 Å². The van der Waals surface area contributed by atoms with Gasteiger partial charge in [-0.15, -0.1) is 0 Å². The summed E-state index contributed by atoms with van der Waals surface area (Å²) in [5.41, 5.74) is 3.12. The van der Waals surface area contributed by atoms with Crippen LogP contribution in [0.25, 0.3) is 0 Å². The third kappa shape index (κ3) is 7.83. The van der Waals surface area contributed by atoms with Crippen molar-refractivity contribution >= 4 is 27.3 Å². The van der Waals surface area contributed by atoms with E-state index in [0.717, 1.165) is 25.4 Å². The minimum atomic E-state index is -3.90. The van der Waals surface area contributed by atoms with Gasteiger partial charge in [0.25, 0.3) is 15.9 Å². The smallest absolute Gasteiger partial charge is 0.264 e. The fourth-order valence-electron chi connectivity index (χ4n) is 4.65. The molecule has 1 saturated heterocycles. The molecule has 1 N–H and O–H groups in total. The molecule has 0 spiro atoms. The number of hydrogen-bond donors (Lipinski definition) is 1. The van der Waals surface area contributed by atoms with E-state index in [1.165, 1.54) is 11.6 Å². The van der Waals surface area contributed by atoms with Crippen LogP contribution in [0.3, 0.4) is 0 Å². The molecule has 0 unspecified atom stereocenters. The predicted molar refractivity (Wildman–Crippen MR) is 166 cm³/mol. The van der Waals surface area contributed by atoms with E-state index in [-0.39, 0.29) is 10.8 Å². The zero-order valence-corrected chi connectivity index (χ0v) is 24.7. The first-order chi connectivity index (χ1) is 19.7. The molecule has 4 rings (SSSR count). The molecule has 1 heterocycles. The molecule has 41 heavy (non-hydrogen) atoms. The highest BCUT2D eigenvalue weighted by Gasteiger charge is 2.26. The van der Waals surface area contributed by atoms with Gasteiger partial charge in [0, 0.05) is 56.6 Å². The molecule has 2 aromatic carbocycles. The Balaban J connectivity index is 1.31. The second-order valence-electron chi connectivity index (χ2n) is 10.4. The number of carbonyl (C=O) groups excluding carboxylic acids is 1. The number of sulfonamides is 1. The maximum Gasteiger partial charge on any atom is 0.264 e. The first-order valence-corrected chi connectivity index (χ1v) is 15.2. The Kier molecular flexibility index (Phi) is 9.96. The van der Waals surface area contributed by atoms with E-state index in [2.05, 4.69) is 47.2 Å². The second kappa shape index (κ2) is 13.6. The zero-order valence-electron chi connectivity index (χ0n) is 23.9. The summed E-state index contributed by atoms with van der Waals surface area (Å²) in [5.74, 6) is 1.31. The first kappa shape index (κ1) is 30.0. The summed E-state index contributed by atoms with van der Waals surface area (Å²) in [4.78, 5) is 21.6. The normalized spacial score (nSPS) is 18.0. The van der Waals surface area contributed by atoms with Crippen LogP contribution in [0.2, 0.25) is 0 Å². The highest BCUT2D eigenvalue weighted by molar-refractivity contribution is 7.97. The highest BCUT2D eigenvalue weighted by atomic mass is 32.2. The molecule has 1 amide bonds. The lowest BCUT2D eigenvalue weighted by Gasteiger charge is -2.34. The summed E-state index contributed by atoms with van der Waals surface area (Å²) in [5, 5.41) is 0. The number of allylic oxidation sites excluding steroid dienone is 7. The zero-order chi connectivity index (χ0) is 29.4. The van der Waals surface area contributed by atoms with E-state index in [4.69, 9.17) is 4.74 Å². The molecular weight excluding hydrogens is 536 g/mol. The van der Waals surface area contributed by atoms with Crippen molar-refractivity contribution in [1.82, 2.24) is 9.80 Å². The second-order valence-corrected chi connectivity index (χ2v) is 12.1. The van der Waals surface area contributed by atoms with E-state index >= 15 is 0 Å². The molecule has 2 aliphatic rings. The fraction of sp³-hybridized carbons (Fsp3) is 0.312. The van der Waals surface area contributed by atoms with Crippen LogP contribution in [0.4, 0.5) is 5.69 Å². The first-order valence-electron chi connectivity index (χ1n) is 13.7. The molecule has 0 atom stereocenters. The van der Waals surface area contributed by atoms with Gasteiger partial charge < -0.3 is 9.64 Å². The number of hydrogen-bond acceptors (Lipinski definition) is 6. The fourth-order valence-corrected chi connectivity index (χ4v) is 5.93. The van der Waals surface area contributed by atoms with Gasteiger partial charge in [0.05, 0.1) is 12.3 Å². The predicted octanol–water partition coefficient (Wildman–Crippen LogP) is 5.06. The van der Waals surface area contributed by atoms with Gasteiger partial charge in [0.1, 0.15) is 10.7 Å². The quantitative estimate of drug-likeness (QED) is 0.429. The van der Waals surface area contributed by atoms with Gasteiger partial charge in [-0.25, -0.2) is 8.42 Å². The van der Waals surface area contributed by atoms with E-state index in [0.29, 0.717) is 48.1 Å². The van der Waals surface area contributed by atoms with Crippen LogP contribution >= 0.6 is 0 Å². The van der Waals surface area contributed by atoms with Gasteiger partial charge >= 0.3 is 0 Å². The molecule has 216 valence electrons. The SMILES string of the molecule is C=C/C=C1/C=CC=C(S(=O)(=O)Nc2ccc(C(=O)N3CCN(Cc4ccc(OCC(C)C)cc4)CC3)cc2)/C1=N/C. The molecule has 2 aromatic rings. The molecule has 1 aliphatic carbocycles. The number of piperazine rings is 1. The Bertz CT molecular complexity index is 1460. The monoisotopic (exact) mass is 574 g/mol. The van der Waals surface area contributed by atoms with Gasteiger partial charge in [0.2, 0.25) is 0 Å². The van der Waals surface area contributed by atoms with Crippen molar-refractivity contribution in [2.75, 3.05) is 44.6 Å². The van der Waals surface area contributed by atoms with E-state index in [1.807, 2.05) is 17.0 Å². The van der Waals surface area contributed by atoms with Crippen molar-refractivity contribution in [3.05, 3.63) is 107 Å². The molecule has 0 radical (unpaired) electrons. The molecular formula is C32H38N4O4S. The summed E-state index contributed by atoms with van der Waals surface area (Å²) >= 11 is 0. The van der Waals surface area contributed by atoms with Crippen LogP contribution in [-0.4, -0.2) is 69.7 Å². The van der Waals surface area contributed by atoms with Crippen molar-refractivity contribution in [1.29, 1.82) is 0 Å². The Morgan fingerprint density at radius 3 is 2.37 bits per heavy atom. The summed E-state index contributed by atoms with van der Waals surface area (Å²) in [6.45, 7) is 12.3. The average molecular weight is 575 g/mol. The van der Waals surface area contributed by atoms with Gasteiger partial charge in [0.15, 0.2) is 0 Å².